The maximum atomic E-state index is 5.64. The summed E-state index contributed by atoms with van der Waals surface area (Å²) < 4.78 is 6.67. The molecule has 1 heterocycles. The van der Waals surface area contributed by atoms with Gasteiger partial charge < -0.3 is 10.2 Å². The maximum absolute atomic E-state index is 5.64. The van der Waals surface area contributed by atoms with E-state index >= 15 is 0 Å². The first-order valence-corrected chi connectivity index (χ1v) is 8.00. The summed E-state index contributed by atoms with van der Waals surface area (Å²) >= 11 is 5.16. The molecule has 2 N–H and O–H groups in total. The van der Waals surface area contributed by atoms with E-state index in [0.717, 1.165) is 21.5 Å². The van der Waals surface area contributed by atoms with Gasteiger partial charge >= 0.3 is 0 Å². The van der Waals surface area contributed by atoms with Crippen molar-refractivity contribution in [3.05, 3.63) is 34.6 Å². The Hall–Kier alpha value is -0.850. The molecule has 102 valence electrons. The van der Waals surface area contributed by atoms with Crippen molar-refractivity contribution in [2.45, 2.75) is 12.7 Å². The molecule has 1 aromatic carbocycles. The Kier molecular flexibility index (Phi) is 5.42. The van der Waals surface area contributed by atoms with Crippen molar-refractivity contribution in [3.8, 4) is 11.5 Å². The second-order valence-corrected chi connectivity index (χ2v) is 6.31. The highest BCUT2D eigenvalue weighted by Crippen LogP contribution is 2.22. The molecule has 0 saturated heterocycles. The lowest BCUT2D eigenvalue weighted by molar-refractivity contribution is 0.528. The largest absolute Gasteiger partial charge is 0.420 e. The van der Waals surface area contributed by atoms with Gasteiger partial charge in [0.25, 0.3) is 0 Å². The number of aromatic nitrogens is 2. The van der Waals surface area contributed by atoms with Crippen LogP contribution in [0.4, 0.5) is 0 Å². The van der Waals surface area contributed by atoms with E-state index in [1.54, 1.807) is 11.8 Å². The lowest BCUT2D eigenvalue weighted by Crippen LogP contribution is -2.12. The summed E-state index contributed by atoms with van der Waals surface area (Å²) in [4.78, 5) is 0. The predicted molar refractivity (Wildman–Crippen MR) is 81.8 cm³/mol. The van der Waals surface area contributed by atoms with Crippen LogP contribution in [0.1, 0.15) is 12.8 Å². The average Bonchev–Trinajstić information content (AvgIpc) is 2.88. The van der Waals surface area contributed by atoms with Crippen LogP contribution in [0.5, 0.6) is 0 Å². The normalized spacial score (nSPS) is 12.6. The second kappa shape index (κ2) is 7.07. The molecule has 2 aromatic rings. The summed E-state index contributed by atoms with van der Waals surface area (Å²) in [7, 11) is 0. The van der Waals surface area contributed by atoms with Gasteiger partial charge in [0.05, 0.1) is 5.75 Å². The average molecular weight is 342 g/mol. The first-order chi connectivity index (χ1) is 9.19. The van der Waals surface area contributed by atoms with E-state index in [4.69, 9.17) is 10.2 Å². The molecule has 0 fully saturated rings. The number of rotatable bonds is 6. The quantitative estimate of drug-likeness (QED) is 0.872. The van der Waals surface area contributed by atoms with Crippen LogP contribution in [0.2, 0.25) is 0 Å². The van der Waals surface area contributed by atoms with Crippen molar-refractivity contribution in [2.75, 3.05) is 12.3 Å². The standard InChI is InChI=1S/C13H16BrN3OS/c1-9(6-15)7-19-8-12-16-17-13(18-12)10-2-4-11(14)5-3-10/h2-5,9H,6-8,15H2,1H3. The summed E-state index contributed by atoms with van der Waals surface area (Å²) in [5.41, 5.74) is 6.51. The Bertz CT molecular complexity index is 515. The van der Waals surface area contributed by atoms with Crippen LogP contribution in [0.15, 0.2) is 33.2 Å². The van der Waals surface area contributed by atoms with Crippen LogP contribution in [-0.4, -0.2) is 22.5 Å². The smallest absolute Gasteiger partial charge is 0.247 e. The van der Waals surface area contributed by atoms with E-state index in [0.29, 0.717) is 24.2 Å². The maximum Gasteiger partial charge on any atom is 0.247 e. The van der Waals surface area contributed by atoms with Crippen molar-refractivity contribution in [1.82, 2.24) is 10.2 Å². The fourth-order valence-electron chi connectivity index (χ4n) is 1.44. The fraction of sp³-hybridized carbons (Fsp3) is 0.385. The van der Waals surface area contributed by atoms with Crippen molar-refractivity contribution < 1.29 is 4.42 Å². The molecule has 2 rings (SSSR count). The second-order valence-electron chi connectivity index (χ2n) is 4.36. The molecular weight excluding hydrogens is 326 g/mol. The minimum atomic E-state index is 0.513. The number of hydrogen-bond acceptors (Lipinski definition) is 5. The zero-order chi connectivity index (χ0) is 13.7. The zero-order valence-corrected chi connectivity index (χ0v) is 13.1. The minimum Gasteiger partial charge on any atom is -0.420 e. The van der Waals surface area contributed by atoms with Crippen molar-refractivity contribution in [1.29, 1.82) is 0 Å². The summed E-state index contributed by atoms with van der Waals surface area (Å²) in [6.07, 6.45) is 0. The van der Waals surface area contributed by atoms with E-state index < -0.39 is 0 Å². The first kappa shape index (κ1) is 14.6. The number of benzene rings is 1. The molecule has 0 aliphatic carbocycles. The summed E-state index contributed by atoms with van der Waals surface area (Å²) in [6.45, 7) is 2.84. The van der Waals surface area contributed by atoms with Crippen molar-refractivity contribution in [2.24, 2.45) is 11.7 Å². The van der Waals surface area contributed by atoms with Crippen LogP contribution in [0, 0.1) is 5.92 Å². The van der Waals surface area contributed by atoms with E-state index in [1.807, 2.05) is 24.3 Å². The topological polar surface area (TPSA) is 64.9 Å². The predicted octanol–water partition coefficient (Wildman–Crippen LogP) is 3.33. The van der Waals surface area contributed by atoms with Gasteiger partial charge in [0.15, 0.2) is 0 Å². The van der Waals surface area contributed by atoms with E-state index in [1.165, 1.54) is 0 Å². The molecule has 0 saturated carbocycles. The highest BCUT2D eigenvalue weighted by atomic mass is 79.9. The minimum absolute atomic E-state index is 0.513. The summed E-state index contributed by atoms with van der Waals surface area (Å²) in [5.74, 6) is 3.47. The Labute approximate surface area is 125 Å². The van der Waals surface area contributed by atoms with Crippen LogP contribution < -0.4 is 5.73 Å². The molecule has 1 unspecified atom stereocenters. The molecule has 0 aliphatic heterocycles. The number of hydrogen-bond donors (Lipinski definition) is 1. The van der Waals surface area contributed by atoms with Gasteiger partial charge in [0.2, 0.25) is 11.8 Å². The van der Waals surface area contributed by atoms with E-state index in [2.05, 4.69) is 33.1 Å². The molecule has 0 aliphatic rings. The summed E-state index contributed by atoms with van der Waals surface area (Å²) in [6, 6.07) is 7.81. The van der Waals surface area contributed by atoms with Crippen molar-refractivity contribution >= 4 is 27.7 Å². The molecule has 4 nitrogen and oxygen atoms in total. The van der Waals surface area contributed by atoms with Gasteiger partial charge in [-0.2, -0.15) is 11.8 Å². The van der Waals surface area contributed by atoms with Gasteiger partial charge in [0.1, 0.15) is 0 Å². The zero-order valence-electron chi connectivity index (χ0n) is 10.7. The Balaban J connectivity index is 1.93. The Morgan fingerprint density at radius 3 is 2.74 bits per heavy atom. The van der Waals surface area contributed by atoms with Gasteiger partial charge in [-0.1, -0.05) is 22.9 Å². The lowest BCUT2D eigenvalue weighted by atomic mass is 10.2. The van der Waals surface area contributed by atoms with Crippen LogP contribution >= 0.6 is 27.7 Å². The van der Waals surface area contributed by atoms with Gasteiger partial charge in [-0.05, 0) is 42.5 Å². The molecule has 1 aromatic heterocycles. The van der Waals surface area contributed by atoms with E-state index in [-0.39, 0.29) is 0 Å². The fourth-order valence-corrected chi connectivity index (χ4v) is 2.65. The molecular formula is C13H16BrN3OS. The Morgan fingerprint density at radius 2 is 2.05 bits per heavy atom. The molecule has 6 heteroatoms. The van der Waals surface area contributed by atoms with Crippen molar-refractivity contribution in [3.63, 3.8) is 0 Å². The number of nitrogens with zero attached hydrogens (tertiary/aromatic N) is 2. The third kappa shape index (κ3) is 4.33. The molecule has 0 bridgehead atoms. The molecule has 19 heavy (non-hydrogen) atoms. The summed E-state index contributed by atoms with van der Waals surface area (Å²) in [5, 5.41) is 8.12. The highest BCUT2D eigenvalue weighted by Gasteiger charge is 2.09. The number of thioether (sulfide) groups is 1. The first-order valence-electron chi connectivity index (χ1n) is 6.05. The third-order valence-electron chi connectivity index (χ3n) is 2.59. The van der Waals surface area contributed by atoms with Crippen LogP contribution in [0.3, 0.4) is 0 Å². The highest BCUT2D eigenvalue weighted by molar-refractivity contribution is 9.10. The SMILES string of the molecule is CC(CN)CSCc1nnc(-c2ccc(Br)cc2)o1. The monoisotopic (exact) mass is 341 g/mol. The van der Waals surface area contributed by atoms with Gasteiger partial charge in [-0.3, -0.25) is 0 Å². The van der Waals surface area contributed by atoms with Gasteiger partial charge in [-0.15, -0.1) is 10.2 Å². The third-order valence-corrected chi connectivity index (χ3v) is 4.37. The molecule has 0 spiro atoms. The van der Waals surface area contributed by atoms with Crippen LogP contribution in [-0.2, 0) is 5.75 Å². The van der Waals surface area contributed by atoms with Gasteiger partial charge in [-0.25, -0.2) is 0 Å². The van der Waals surface area contributed by atoms with E-state index in [9.17, 15) is 0 Å². The lowest BCUT2D eigenvalue weighted by Gasteiger charge is -2.05. The Morgan fingerprint density at radius 1 is 1.32 bits per heavy atom. The molecule has 0 radical (unpaired) electrons. The number of nitrogens with two attached hydrogens (primary N) is 1. The molecule has 1 atom stereocenters. The molecule has 0 amide bonds. The van der Waals surface area contributed by atoms with Gasteiger partial charge in [0, 0.05) is 10.0 Å². The number of halogens is 1. The van der Waals surface area contributed by atoms with Crippen LogP contribution in [0.25, 0.3) is 11.5 Å².